The van der Waals surface area contributed by atoms with E-state index in [1.807, 2.05) is 0 Å². The van der Waals surface area contributed by atoms with Gasteiger partial charge in [-0.3, -0.25) is 14.3 Å². The van der Waals surface area contributed by atoms with E-state index in [2.05, 4.69) is 16.6 Å². The minimum atomic E-state index is -0.167. The van der Waals surface area contributed by atoms with Gasteiger partial charge in [0, 0.05) is 25.3 Å². The highest BCUT2D eigenvalue weighted by molar-refractivity contribution is 5.64. The van der Waals surface area contributed by atoms with Crippen LogP contribution in [0.5, 0.6) is 0 Å². The summed E-state index contributed by atoms with van der Waals surface area (Å²) in [6, 6.07) is 0.0914. The lowest BCUT2D eigenvalue weighted by Crippen LogP contribution is -2.36. The summed E-state index contributed by atoms with van der Waals surface area (Å²) in [6.45, 7) is 6.90. The van der Waals surface area contributed by atoms with Gasteiger partial charge in [0.25, 0.3) is 0 Å². The van der Waals surface area contributed by atoms with Gasteiger partial charge in [0.15, 0.2) is 5.82 Å². The zero-order chi connectivity index (χ0) is 13.8. The molecule has 6 heteroatoms. The van der Waals surface area contributed by atoms with Crippen LogP contribution in [0.4, 0.5) is 5.82 Å². The third kappa shape index (κ3) is 2.52. The van der Waals surface area contributed by atoms with Crippen molar-refractivity contribution in [1.82, 2.24) is 14.5 Å². The molecule has 1 aromatic rings. The van der Waals surface area contributed by atoms with Gasteiger partial charge in [0.2, 0.25) is 6.41 Å². The van der Waals surface area contributed by atoms with Crippen molar-refractivity contribution in [1.29, 1.82) is 0 Å². The number of carbonyl (C=O) groups excluding carboxylic acids is 1. The first-order valence-corrected chi connectivity index (χ1v) is 6.36. The maximum Gasteiger partial charge on any atom is 0.327 e. The number of likely N-dealkylation sites (tertiary alicyclic amines) is 1. The van der Waals surface area contributed by atoms with Crippen LogP contribution in [0.3, 0.4) is 0 Å². The summed E-state index contributed by atoms with van der Waals surface area (Å²) < 4.78 is 1.71. The summed E-state index contributed by atoms with van der Waals surface area (Å²) in [5.41, 5.74) is 0.549. The van der Waals surface area contributed by atoms with Gasteiger partial charge in [0.1, 0.15) is 0 Å². The van der Waals surface area contributed by atoms with Crippen LogP contribution >= 0.6 is 0 Å². The molecule has 0 bridgehead atoms. The van der Waals surface area contributed by atoms with Crippen molar-refractivity contribution >= 4 is 24.5 Å². The maximum atomic E-state index is 12.0. The lowest BCUT2D eigenvalue weighted by molar-refractivity contribution is -0.119. The van der Waals surface area contributed by atoms with Crippen LogP contribution in [0.15, 0.2) is 16.4 Å². The standard InChI is InChI=1S/C13H18N4O2/c1-3-11-12(14-4-2)15-13(19)17(11)10-5-7-16(9-18)8-6-10/h3-4,9-10H,1,5-8H2,2H3,(H,15,19)/b14-4-. The van der Waals surface area contributed by atoms with Crippen molar-refractivity contribution in [2.45, 2.75) is 25.8 Å². The molecule has 19 heavy (non-hydrogen) atoms. The summed E-state index contributed by atoms with van der Waals surface area (Å²) in [6.07, 6.45) is 5.68. The first-order chi connectivity index (χ1) is 9.21. The summed E-state index contributed by atoms with van der Waals surface area (Å²) in [7, 11) is 0. The molecule has 1 saturated heterocycles. The number of H-pyrrole nitrogens is 1. The average Bonchev–Trinajstić information content (AvgIpc) is 2.75. The number of aromatic amines is 1. The number of aromatic nitrogens is 2. The van der Waals surface area contributed by atoms with E-state index in [0.717, 1.165) is 19.3 Å². The lowest BCUT2D eigenvalue weighted by atomic mass is 10.1. The molecule has 102 valence electrons. The van der Waals surface area contributed by atoms with Crippen molar-refractivity contribution in [2.24, 2.45) is 4.99 Å². The maximum absolute atomic E-state index is 12.0. The van der Waals surface area contributed by atoms with Crippen LogP contribution < -0.4 is 5.69 Å². The zero-order valence-corrected chi connectivity index (χ0v) is 11.0. The van der Waals surface area contributed by atoms with E-state index in [1.165, 1.54) is 0 Å². The third-order valence-electron chi connectivity index (χ3n) is 3.41. The molecule has 1 aliphatic rings. The molecule has 0 aromatic carbocycles. The summed E-state index contributed by atoms with van der Waals surface area (Å²) in [4.78, 5) is 31.4. The SMILES string of the molecule is C=Cc1c(/N=C\C)[nH]c(=O)n1C1CCN(C=O)CC1. The summed E-state index contributed by atoms with van der Waals surface area (Å²) in [5.74, 6) is 0.542. The van der Waals surface area contributed by atoms with Crippen LogP contribution in [0.1, 0.15) is 31.5 Å². The number of imidazole rings is 1. The van der Waals surface area contributed by atoms with Crippen LogP contribution in [-0.2, 0) is 4.79 Å². The molecule has 1 amide bonds. The highest BCUT2D eigenvalue weighted by Crippen LogP contribution is 2.26. The normalized spacial score (nSPS) is 17.0. The molecule has 0 radical (unpaired) electrons. The van der Waals surface area contributed by atoms with Crippen LogP contribution in [0.25, 0.3) is 6.08 Å². The van der Waals surface area contributed by atoms with E-state index < -0.39 is 0 Å². The second-order valence-corrected chi connectivity index (χ2v) is 4.50. The van der Waals surface area contributed by atoms with Crippen molar-refractivity contribution in [3.8, 4) is 0 Å². The number of amides is 1. The molecule has 2 heterocycles. The van der Waals surface area contributed by atoms with Crippen molar-refractivity contribution in [3.63, 3.8) is 0 Å². The fraction of sp³-hybridized carbons (Fsp3) is 0.462. The van der Waals surface area contributed by atoms with Gasteiger partial charge in [-0.05, 0) is 25.8 Å². The molecule has 6 nitrogen and oxygen atoms in total. The second kappa shape index (κ2) is 5.69. The Balaban J connectivity index is 2.32. The minimum Gasteiger partial charge on any atom is -0.345 e. The Labute approximate surface area is 111 Å². The largest absolute Gasteiger partial charge is 0.345 e. The Morgan fingerprint density at radius 3 is 2.63 bits per heavy atom. The fourth-order valence-electron chi connectivity index (χ4n) is 2.48. The van der Waals surface area contributed by atoms with Gasteiger partial charge in [-0.25, -0.2) is 9.79 Å². The summed E-state index contributed by atoms with van der Waals surface area (Å²) in [5, 5.41) is 0. The zero-order valence-electron chi connectivity index (χ0n) is 11.0. The molecule has 0 unspecified atom stereocenters. The van der Waals surface area contributed by atoms with Gasteiger partial charge in [-0.15, -0.1) is 0 Å². The van der Waals surface area contributed by atoms with Gasteiger partial charge in [-0.1, -0.05) is 6.58 Å². The van der Waals surface area contributed by atoms with E-state index >= 15 is 0 Å². The molecule has 2 rings (SSSR count). The minimum absolute atomic E-state index is 0.0914. The molecular weight excluding hydrogens is 244 g/mol. The number of carbonyl (C=O) groups is 1. The number of hydrogen-bond acceptors (Lipinski definition) is 3. The average molecular weight is 262 g/mol. The van der Waals surface area contributed by atoms with E-state index in [1.54, 1.807) is 28.7 Å². The van der Waals surface area contributed by atoms with E-state index in [9.17, 15) is 9.59 Å². The smallest absolute Gasteiger partial charge is 0.327 e. The number of rotatable bonds is 4. The van der Waals surface area contributed by atoms with Crippen LogP contribution in [0.2, 0.25) is 0 Å². The first kappa shape index (κ1) is 13.3. The van der Waals surface area contributed by atoms with E-state index in [0.29, 0.717) is 24.6 Å². The van der Waals surface area contributed by atoms with Crippen LogP contribution in [-0.4, -0.2) is 40.2 Å². The Hall–Kier alpha value is -2.11. The highest BCUT2D eigenvalue weighted by Gasteiger charge is 2.24. The number of hydrogen-bond donors (Lipinski definition) is 1. The number of nitrogens with one attached hydrogen (secondary N) is 1. The quantitative estimate of drug-likeness (QED) is 0.657. The van der Waals surface area contributed by atoms with Gasteiger partial charge >= 0.3 is 5.69 Å². The molecule has 1 aromatic heterocycles. The van der Waals surface area contributed by atoms with E-state index in [4.69, 9.17) is 0 Å². The molecular formula is C13H18N4O2. The molecule has 0 aliphatic carbocycles. The number of aliphatic imine (C=N–C) groups is 1. The Morgan fingerprint density at radius 1 is 1.42 bits per heavy atom. The fourth-order valence-corrected chi connectivity index (χ4v) is 2.48. The lowest BCUT2D eigenvalue weighted by Gasteiger charge is -2.30. The molecule has 0 saturated carbocycles. The second-order valence-electron chi connectivity index (χ2n) is 4.50. The van der Waals surface area contributed by atoms with E-state index in [-0.39, 0.29) is 11.7 Å². The van der Waals surface area contributed by atoms with Gasteiger partial charge < -0.3 is 4.90 Å². The number of piperidine rings is 1. The monoisotopic (exact) mass is 262 g/mol. The molecule has 1 aliphatic heterocycles. The van der Waals surface area contributed by atoms with Crippen molar-refractivity contribution in [3.05, 3.63) is 22.8 Å². The topological polar surface area (TPSA) is 70.5 Å². The van der Waals surface area contributed by atoms with Gasteiger partial charge in [-0.2, -0.15) is 0 Å². The predicted molar refractivity (Wildman–Crippen MR) is 74.9 cm³/mol. The third-order valence-corrected chi connectivity index (χ3v) is 3.41. The Morgan fingerprint density at radius 2 is 2.11 bits per heavy atom. The van der Waals surface area contributed by atoms with Crippen molar-refractivity contribution < 1.29 is 4.79 Å². The van der Waals surface area contributed by atoms with Gasteiger partial charge in [0.05, 0.1) is 5.69 Å². The Bertz CT molecular complexity index is 547. The summed E-state index contributed by atoms with van der Waals surface area (Å²) >= 11 is 0. The Kier molecular flexibility index (Phi) is 3.99. The number of nitrogens with zero attached hydrogens (tertiary/aromatic N) is 3. The molecule has 1 N–H and O–H groups in total. The van der Waals surface area contributed by atoms with Crippen molar-refractivity contribution in [2.75, 3.05) is 13.1 Å². The highest BCUT2D eigenvalue weighted by atomic mass is 16.1. The molecule has 0 atom stereocenters. The first-order valence-electron chi connectivity index (χ1n) is 6.36. The molecule has 1 fully saturated rings. The molecule has 0 spiro atoms. The predicted octanol–water partition coefficient (Wildman–Crippen LogP) is 1.33. The van der Waals surface area contributed by atoms with Crippen LogP contribution in [0, 0.1) is 0 Å².